The number of benzene rings is 2. The summed E-state index contributed by atoms with van der Waals surface area (Å²) in [5.41, 5.74) is 1.52. The quantitative estimate of drug-likeness (QED) is 0.189. The van der Waals surface area contributed by atoms with Gasteiger partial charge in [-0.25, -0.2) is 4.79 Å². The minimum absolute atomic E-state index is 0.000217. The van der Waals surface area contributed by atoms with Crippen LogP contribution in [0.15, 0.2) is 73.0 Å². The van der Waals surface area contributed by atoms with E-state index in [1.54, 1.807) is 38.2 Å². The summed E-state index contributed by atoms with van der Waals surface area (Å²) in [6.07, 6.45) is -2.77. The van der Waals surface area contributed by atoms with E-state index in [-0.39, 0.29) is 85.9 Å². The Hall–Kier alpha value is -5.13. The molecule has 0 spiro atoms. The first-order chi connectivity index (χ1) is 31.0. The molecule has 0 N–H and O–H groups in total. The molecule has 1 heterocycles. The van der Waals surface area contributed by atoms with Crippen LogP contribution in [0.5, 0.6) is 0 Å². The Morgan fingerprint density at radius 3 is 1.42 bits per heavy atom. The molecule has 8 atom stereocenters. The van der Waals surface area contributed by atoms with E-state index >= 15 is 0 Å². The maximum absolute atomic E-state index is 14.7. The molecule has 2 aromatic rings. The number of hydrogen-bond acceptors (Lipinski definition) is 10. The van der Waals surface area contributed by atoms with Gasteiger partial charge in [-0.2, -0.15) is 0 Å². The third kappa shape index (κ3) is 17.3. The van der Waals surface area contributed by atoms with Crippen LogP contribution in [0.3, 0.4) is 0 Å². The molecule has 364 valence electrons. The normalized spacial score (nSPS) is 25.6. The molecule has 1 aliphatic rings. The van der Waals surface area contributed by atoms with Gasteiger partial charge in [-0.05, 0) is 67.4 Å². The van der Waals surface area contributed by atoms with Crippen LogP contribution in [0.25, 0.3) is 0 Å². The Kier molecular flexibility index (Phi) is 22.0. The van der Waals surface area contributed by atoms with E-state index in [1.807, 2.05) is 91.8 Å². The second-order valence-electron chi connectivity index (χ2n) is 20.2. The number of rotatable bonds is 12. The number of cyclic esters (lactones) is 2. The van der Waals surface area contributed by atoms with E-state index in [4.69, 9.17) is 14.2 Å². The Labute approximate surface area is 394 Å². The van der Waals surface area contributed by atoms with Crippen LogP contribution >= 0.6 is 0 Å². The van der Waals surface area contributed by atoms with Crippen LogP contribution in [0.4, 0.5) is 0 Å². The van der Waals surface area contributed by atoms with Crippen LogP contribution in [0, 0.1) is 41.4 Å². The predicted molar refractivity (Wildman–Crippen MR) is 256 cm³/mol. The number of ether oxygens (including phenoxy) is 3. The van der Waals surface area contributed by atoms with Crippen molar-refractivity contribution >= 4 is 41.1 Å². The average molecular weight is 915 g/mol. The summed E-state index contributed by atoms with van der Waals surface area (Å²) in [6, 6.07) is 16.4. The number of allylic oxidation sites excluding steroid dienone is 1. The molecule has 1 fully saturated rings. The molecule has 12 nitrogen and oxygen atoms in total. The molecular weight excluding hydrogens is 837 g/mol. The Bertz CT molecular complexity index is 1800. The lowest BCUT2D eigenvalue weighted by Crippen LogP contribution is -2.50. The molecule has 0 bridgehead atoms. The van der Waals surface area contributed by atoms with Gasteiger partial charge in [0.2, 0.25) is 0 Å². The monoisotopic (exact) mass is 915 g/mol. The van der Waals surface area contributed by atoms with Crippen molar-refractivity contribution in [2.75, 3.05) is 14.1 Å². The Morgan fingerprint density at radius 1 is 0.515 bits per heavy atom. The SMILES string of the molecule is C=C1O[C@H](Cc2ccccc2)C(=O)N(C)[C@@H](CC(C)C)C(=O)C[C@H](C)C(=O)C[C@@H](CC(C)C)C(=O)O[C@H](Cc2ccccc2)C(=O)N(C)[C@@H](CC(C)C)C(=O)O[C@H](C)C(=O)C[C@H]1CC(C)C. The van der Waals surface area contributed by atoms with Gasteiger partial charge in [0.05, 0.1) is 17.7 Å². The lowest BCUT2D eigenvalue weighted by molar-refractivity contribution is -0.170. The second kappa shape index (κ2) is 26.3. The number of Topliss-reactive ketones (excluding diaryl/α,β-unsaturated/α-hetero) is 3. The summed E-state index contributed by atoms with van der Waals surface area (Å²) < 4.78 is 18.5. The fourth-order valence-corrected chi connectivity index (χ4v) is 8.56. The first kappa shape index (κ1) is 55.2. The highest BCUT2D eigenvalue weighted by atomic mass is 16.6. The topological polar surface area (TPSA) is 154 Å². The zero-order chi connectivity index (χ0) is 49.4. The molecule has 1 aliphatic heterocycles. The third-order valence-electron chi connectivity index (χ3n) is 12.3. The van der Waals surface area contributed by atoms with Gasteiger partial charge in [0.15, 0.2) is 29.9 Å². The van der Waals surface area contributed by atoms with Crippen molar-refractivity contribution in [2.24, 2.45) is 41.4 Å². The van der Waals surface area contributed by atoms with Crippen LogP contribution < -0.4 is 0 Å². The van der Waals surface area contributed by atoms with Crippen molar-refractivity contribution in [2.45, 2.75) is 157 Å². The van der Waals surface area contributed by atoms with E-state index in [0.29, 0.717) is 18.4 Å². The number of carbonyl (C=O) groups is 7. The summed E-state index contributed by atoms with van der Waals surface area (Å²) in [5.74, 6) is -5.72. The first-order valence-electron chi connectivity index (χ1n) is 23.9. The fourth-order valence-electron chi connectivity index (χ4n) is 8.56. The maximum atomic E-state index is 14.7. The number of hydrogen-bond donors (Lipinski definition) is 0. The lowest BCUT2D eigenvalue weighted by Gasteiger charge is -2.34. The number of ketones is 3. The summed E-state index contributed by atoms with van der Waals surface area (Å²) in [6.45, 7) is 23.0. The molecule has 2 amide bonds. The predicted octanol–water partition coefficient (Wildman–Crippen LogP) is 8.81. The molecule has 0 radical (unpaired) electrons. The lowest BCUT2D eigenvalue weighted by atomic mass is 9.86. The van der Waals surface area contributed by atoms with Crippen LogP contribution in [0.2, 0.25) is 0 Å². The van der Waals surface area contributed by atoms with Crippen molar-refractivity contribution in [3.05, 3.63) is 84.1 Å². The van der Waals surface area contributed by atoms with Crippen LogP contribution in [0.1, 0.15) is 125 Å². The van der Waals surface area contributed by atoms with Gasteiger partial charge in [0.1, 0.15) is 11.8 Å². The van der Waals surface area contributed by atoms with Gasteiger partial charge in [-0.3, -0.25) is 28.8 Å². The van der Waals surface area contributed by atoms with Gasteiger partial charge >= 0.3 is 11.9 Å². The number of carbonyl (C=O) groups excluding carboxylic acids is 7. The van der Waals surface area contributed by atoms with E-state index in [9.17, 15) is 33.6 Å². The van der Waals surface area contributed by atoms with Crippen LogP contribution in [-0.4, -0.2) is 95.4 Å². The van der Waals surface area contributed by atoms with E-state index in [2.05, 4.69) is 6.58 Å². The van der Waals surface area contributed by atoms with Crippen molar-refractivity contribution in [1.82, 2.24) is 9.80 Å². The van der Waals surface area contributed by atoms with Crippen molar-refractivity contribution < 1.29 is 47.8 Å². The minimum atomic E-state index is -1.36. The third-order valence-corrected chi connectivity index (χ3v) is 12.3. The Morgan fingerprint density at radius 2 is 0.939 bits per heavy atom. The highest BCUT2D eigenvalue weighted by molar-refractivity contribution is 5.95. The molecule has 0 aromatic heterocycles. The molecule has 3 rings (SSSR count). The molecule has 66 heavy (non-hydrogen) atoms. The molecule has 2 aromatic carbocycles. The fraction of sp³-hybridized carbons (Fsp3) is 0.611. The Balaban J connectivity index is 2.18. The van der Waals surface area contributed by atoms with Gasteiger partial charge in [-0.15, -0.1) is 0 Å². The van der Waals surface area contributed by atoms with Crippen molar-refractivity contribution in [3.8, 4) is 0 Å². The maximum Gasteiger partial charge on any atom is 0.329 e. The molecule has 0 unspecified atom stereocenters. The largest absolute Gasteiger partial charge is 0.485 e. The molecule has 1 saturated heterocycles. The van der Waals surface area contributed by atoms with Gasteiger partial charge in [-0.1, -0.05) is 130 Å². The molecule has 0 saturated carbocycles. The van der Waals surface area contributed by atoms with Gasteiger partial charge in [0, 0.05) is 58.0 Å². The smallest absolute Gasteiger partial charge is 0.329 e. The zero-order valence-corrected chi connectivity index (χ0v) is 41.7. The summed E-state index contributed by atoms with van der Waals surface area (Å²) in [4.78, 5) is 103. The molecule has 0 aliphatic carbocycles. The highest BCUT2D eigenvalue weighted by Crippen LogP contribution is 2.30. The average Bonchev–Trinajstić information content (AvgIpc) is 3.25. The number of amides is 2. The summed E-state index contributed by atoms with van der Waals surface area (Å²) >= 11 is 0. The van der Waals surface area contributed by atoms with E-state index < -0.39 is 77.7 Å². The molecular formula is C54H78N2O10. The van der Waals surface area contributed by atoms with Crippen molar-refractivity contribution in [3.63, 3.8) is 0 Å². The van der Waals surface area contributed by atoms with Crippen LogP contribution in [-0.2, 0) is 60.6 Å². The second-order valence-corrected chi connectivity index (χ2v) is 20.2. The van der Waals surface area contributed by atoms with E-state index in [0.717, 1.165) is 5.56 Å². The zero-order valence-electron chi connectivity index (χ0n) is 41.7. The minimum Gasteiger partial charge on any atom is -0.485 e. The molecule has 12 heteroatoms. The van der Waals surface area contributed by atoms with Gasteiger partial charge < -0.3 is 24.0 Å². The summed E-state index contributed by atoms with van der Waals surface area (Å²) in [7, 11) is 3.04. The first-order valence-corrected chi connectivity index (χ1v) is 23.9. The van der Waals surface area contributed by atoms with Gasteiger partial charge in [0.25, 0.3) is 11.8 Å². The summed E-state index contributed by atoms with van der Waals surface area (Å²) in [5, 5.41) is 0. The number of esters is 2. The number of nitrogens with zero attached hydrogens (tertiary/aromatic N) is 2. The van der Waals surface area contributed by atoms with E-state index in [1.165, 1.54) is 23.8 Å². The number of likely N-dealkylation sites (N-methyl/N-ethyl adjacent to an activating group) is 2. The van der Waals surface area contributed by atoms with Crippen molar-refractivity contribution in [1.29, 1.82) is 0 Å². The standard InChI is InChI=1S/C54H78N2O10/c1-33(2)24-42-31-47(58)39(11)65-54(63)45(27-36(7)8)56(13)52(61)50(30-41-22-18-15-19-23-41)66-53(62)43(25-34(3)4)32-46(57)37(9)28-48(59)44(26-35(5)6)55(12)51(60)49(64-38(42)10)29-40-20-16-14-17-21-40/h14-23,33-37,39,42-45,49-50H,10,24-32H2,1-9,11-13H3/t37-,39+,42+,43+,44-,45-,49+,50+/m0/s1. The highest BCUT2D eigenvalue weighted by Gasteiger charge is 2.40.